The molecule has 4 rings (SSSR count). The van der Waals surface area contributed by atoms with Crippen LogP contribution in [0.2, 0.25) is 5.02 Å². The molecule has 0 bridgehead atoms. The third-order valence-electron chi connectivity index (χ3n) is 5.30. The van der Waals surface area contributed by atoms with Crippen molar-refractivity contribution in [2.24, 2.45) is 0 Å². The number of fused-ring (bicyclic) bond motifs is 2. The lowest BCUT2D eigenvalue weighted by Crippen LogP contribution is -1.93. The molecule has 146 valence electrons. The molecule has 2 aromatic carbocycles. The fourth-order valence-electron chi connectivity index (χ4n) is 3.62. The van der Waals surface area contributed by atoms with Crippen molar-refractivity contribution in [3.8, 4) is 11.5 Å². The van der Waals surface area contributed by atoms with E-state index < -0.39 is 0 Å². The first-order chi connectivity index (χ1) is 13.4. The summed E-state index contributed by atoms with van der Waals surface area (Å²) in [5.41, 5.74) is 3.11. The molecule has 4 aromatic rings. The van der Waals surface area contributed by atoms with E-state index in [1.807, 2.05) is 13.0 Å². The monoisotopic (exact) mass is 434 g/mol. The lowest BCUT2D eigenvalue weighted by molar-refractivity contribution is 0.420. The van der Waals surface area contributed by atoms with Gasteiger partial charge in [0.1, 0.15) is 17.3 Å². The molecule has 2 aromatic heterocycles. The van der Waals surface area contributed by atoms with Gasteiger partial charge in [-0.15, -0.1) is 22.7 Å². The molecule has 0 amide bonds. The number of hydrogen-bond acceptors (Lipinski definition) is 4. The second kappa shape index (κ2) is 7.21. The number of benzene rings is 2. The predicted molar refractivity (Wildman–Crippen MR) is 119 cm³/mol. The normalized spacial score (nSPS) is 11.5. The molecule has 0 radical (unpaired) electrons. The molecule has 0 spiro atoms. The van der Waals surface area contributed by atoms with Gasteiger partial charge in [0.25, 0.3) is 0 Å². The summed E-state index contributed by atoms with van der Waals surface area (Å²) in [5, 5.41) is 2.44. The van der Waals surface area contributed by atoms with E-state index in [2.05, 4.69) is 13.8 Å². The summed E-state index contributed by atoms with van der Waals surface area (Å²) >= 11 is 10.1. The zero-order valence-corrected chi connectivity index (χ0v) is 18.7. The molecular formula is C22H20ClFO2S2. The standard InChI is InChI=1S/C22H20ClFO2S2/c1-10-12(3)27-22-16(26-5)8-13(20(23)19(10)22)9-17-11(2)18-14(24)6-7-15(25-4)21(18)28-17/h6-8H,9H2,1-5H3. The molecule has 6 heteroatoms. The third kappa shape index (κ3) is 2.88. The van der Waals surface area contributed by atoms with E-state index in [4.69, 9.17) is 21.1 Å². The SMILES string of the molecule is COc1ccc(F)c2c(C)c(Cc3cc(OC)c4sc(C)c(C)c4c3Cl)sc12. The Balaban J connectivity index is 1.91. The molecular weight excluding hydrogens is 415 g/mol. The van der Waals surface area contributed by atoms with E-state index >= 15 is 0 Å². The summed E-state index contributed by atoms with van der Waals surface area (Å²) in [5.74, 6) is 1.30. The molecule has 0 N–H and O–H groups in total. The van der Waals surface area contributed by atoms with Crippen LogP contribution in [0.25, 0.3) is 20.2 Å². The third-order valence-corrected chi connectivity index (χ3v) is 8.26. The van der Waals surface area contributed by atoms with Crippen molar-refractivity contribution in [3.05, 3.63) is 55.5 Å². The van der Waals surface area contributed by atoms with Crippen molar-refractivity contribution in [3.63, 3.8) is 0 Å². The first kappa shape index (κ1) is 19.5. The molecule has 0 atom stereocenters. The Bertz CT molecular complexity index is 1220. The minimum Gasteiger partial charge on any atom is -0.495 e. The van der Waals surface area contributed by atoms with Crippen LogP contribution < -0.4 is 9.47 Å². The summed E-state index contributed by atoms with van der Waals surface area (Å²) in [6.07, 6.45) is 0.618. The van der Waals surface area contributed by atoms with Crippen molar-refractivity contribution < 1.29 is 13.9 Å². The Morgan fingerprint density at radius 2 is 1.61 bits per heavy atom. The minimum absolute atomic E-state index is 0.223. The molecule has 28 heavy (non-hydrogen) atoms. The van der Waals surface area contributed by atoms with Crippen LogP contribution in [0.3, 0.4) is 0 Å². The van der Waals surface area contributed by atoms with Gasteiger partial charge < -0.3 is 9.47 Å². The second-order valence-electron chi connectivity index (χ2n) is 6.82. The van der Waals surface area contributed by atoms with Crippen molar-refractivity contribution in [1.82, 2.24) is 0 Å². The average molecular weight is 435 g/mol. The maximum Gasteiger partial charge on any atom is 0.137 e. The van der Waals surface area contributed by atoms with Crippen molar-refractivity contribution in [2.45, 2.75) is 27.2 Å². The molecule has 0 aliphatic carbocycles. The highest BCUT2D eigenvalue weighted by Gasteiger charge is 2.21. The molecule has 2 heterocycles. The number of aryl methyl sites for hydroxylation is 3. The molecule has 0 saturated carbocycles. The van der Waals surface area contributed by atoms with Gasteiger partial charge in [-0.1, -0.05) is 11.6 Å². The molecule has 0 unspecified atom stereocenters. The Hall–Kier alpha value is -1.82. The molecule has 2 nitrogen and oxygen atoms in total. The lowest BCUT2D eigenvalue weighted by atomic mass is 10.0. The Labute approximate surface area is 176 Å². The molecule has 0 aliphatic heterocycles. The van der Waals surface area contributed by atoms with Gasteiger partial charge in [0, 0.05) is 26.9 Å². The van der Waals surface area contributed by atoms with Gasteiger partial charge >= 0.3 is 0 Å². The van der Waals surface area contributed by atoms with E-state index in [-0.39, 0.29) is 5.82 Å². The Morgan fingerprint density at radius 3 is 2.29 bits per heavy atom. The van der Waals surface area contributed by atoms with Gasteiger partial charge in [-0.25, -0.2) is 4.39 Å². The first-order valence-corrected chi connectivity index (χ1v) is 10.9. The van der Waals surface area contributed by atoms with Gasteiger partial charge in [0.15, 0.2) is 0 Å². The first-order valence-electron chi connectivity index (χ1n) is 8.86. The summed E-state index contributed by atoms with van der Waals surface area (Å²) in [4.78, 5) is 2.31. The lowest BCUT2D eigenvalue weighted by Gasteiger charge is -2.10. The highest BCUT2D eigenvalue weighted by molar-refractivity contribution is 7.20. The molecule has 0 aliphatic rings. The zero-order valence-electron chi connectivity index (χ0n) is 16.3. The summed E-state index contributed by atoms with van der Waals surface area (Å²) in [6.45, 7) is 6.15. The number of rotatable bonds is 4. The van der Waals surface area contributed by atoms with Gasteiger partial charge in [-0.3, -0.25) is 0 Å². The van der Waals surface area contributed by atoms with Crippen LogP contribution in [-0.4, -0.2) is 14.2 Å². The quantitative estimate of drug-likeness (QED) is 0.332. The van der Waals surface area contributed by atoms with Crippen LogP contribution in [0.15, 0.2) is 18.2 Å². The Kier molecular flexibility index (Phi) is 5.02. The summed E-state index contributed by atoms with van der Waals surface area (Å²) in [6, 6.07) is 5.15. The minimum atomic E-state index is -0.223. The number of thiophene rings is 2. The number of halogens is 2. The van der Waals surface area contributed by atoms with Gasteiger partial charge in [-0.2, -0.15) is 0 Å². The van der Waals surface area contributed by atoms with E-state index in [1.165, 1.54) is 16.5 Å². The van der Waals surface area contributed by atoms with Gasteiger partial charge in [0.05, 0.1) is 28.6 Å². The summed E-state index contributed by atoms with van der Waals surface area (Å²) in [7, 11) is 3.29. The zero-order chi connectivity index (χ0) is 20.2. The van der Waals surface area contributed by atoms with Crippen LogP contribution in [0.5, 0.6) is 11.5 Å². The van der Waals surface area contributed by atoms with Crippen LogP contribution in [0.1, 0.15) is 26.4 Å². The van der Waals surface area contributed by atoms with Gasteiger partial charge in [0.2, 0.25) is 0 Å². The highest BCUT2D eigenvalue weighted by Crippen LogP contribution is 2.45. The van der Waals surface area contributed by atoms with Crippen LogP contribution >= 0.6 is 34.3 Å². The molecule has 0 saturated heterocycles. The largest absolute Gasteiger partial charge is 0.495 e. The number of hydrogen-bond donors (Lipinski definition) is 0. The van der Waals surface area contributed by atoms with E-state index in [0.717, 1.165) is 41.6 Å². The maximum atomic E-state index is 14.5. The van der Waals surface area contributed by atoms with Crippen molar-refractivity contribution >= 4 is 54.4 Å². The van der Waals surface area contributed by atoms with Crippen molar-refractivity contribution in [2.75, 3.05) is 14.2 Å². The average Bonchev–Trinajstić information content (AvgIpc) is 3.16. The van der Waals surface area contributed by atoms with Gasteiger partial charge in [-0.05, 0) is 55.7 Å². The predicted octanol–water partition coefficient (Wildman–Crippen LogP) is 7.44. The highest BCUT2D eigenvalue weighted by atomic mass is 35.5. The van der Waals surface area contributed by atoms with E-state index in [9.17, 15) is 4.39 Å². The second-order valence-corrected chi connectivity index (χ2v) is 9.53. The Morgan fingerprint density at radius 1 is 0.929 bits per heavy atom. The van der Waals surface area contributed by atoms with E-state index in [1.54, 1.807) is 43.0 Å². The number of ether oxygens (including phenoxy) is 2. The fourth-order valence-corrected chi connectivity index (χ4v) is 6.53. The van der Waals surface area contributed by atoms with E-state index in [0.29, 0.717) is 17.6 Å². The topological polar surface area (TPSA) is 18.5 Å². The fraction of sp³-hybridized carbons (Fsp3) is 0.273. The van der Waals surface area contributed by atoms with Crippen LogP contribution in [-0.2, 0) is 6.42 Å². The van der Waals surface area contributed by atoms with Crippen LogP contribution in [0.4, 0.5) is 4.39 Å². The maximum absolute atomic E-state index is 14.5. The van der Waals surface area contributed by atoms with Crippen LogP contribution in [0, 0.1) is 26.6 Å². The van der Waals surface area contributed by atoms with Crippen molar-refractivity contribution in [1.29, 1.82) is 0 Å². The smallest absolute Gasteiger partial charge is 0.137 e. The number of methoxy groups -OCH3 is 2. The molecule has 0 fully saturated rings. The summed E-state index contributed by atoms with van der Waals surface area (Å²) < 4.78 is 27.5.